The molecular formula is C16H14O4. The van der Waals surface area contributed by atoms with Crippen LogP contribution >= 0.6 is 0 Å². The first-order chi connectivity index (χ1) is 9.65. The molecular weight excluding hydrogens is 256 g/mol. The van der Waals surface area contributed by atoms with Crippen LogP contribution in [0.2, 0.25) is 0 Å². The van der Waals surface area contributed by atoms with Gasteiger partial charge in [-0.15, -0.1) is 0 Å². The van der Waals surface area contributed by atoms with Crippen LogP contribution in [0.25, 0.3) is 21.9 Å². The summed E-state index contributed by atoms with van der Waals surface area (Å²) in [5, 5.41) is 0.993. The number of methoxy groups -OCH3 is 2. The van der Waals surface area contributed by atoms with Gasteiger partial charge in [0.05, 0.1) is 19.6 Å². The Labute approximate surface area is 115 Å². The van der Waals surface area contributed by atoms with E-state index < -0.39 is 0 Å². The van der Waals surface area contributed by atoms with E-state index in [1.165, 1.54) is 7.11 Å². The zero-order chi connectivity index (χ0) is 14.3. The van der Waals surface area contributed by atoms with Crippen molar-refractivity contribution in [3.63, 3.8) is 0 Å². The second kappa shape index (κ2) is 4.56. The number of benzene rings is 2. The highest BCUT2D eigenvalue weighted by molar-refractivity contribution is 5.94. The quantitative estimate of drug-likeness (QED) is 0.670. The molecule has 0 N–H and O–H groups in total. The van der Waals surface area contributed by atoms with Gasteiger partial charge in [0.2, 0.25) is 5.43 Å². The Hall–Kier alpha value is -2.49. The van der Waals surface area contributed by atoms with Gasteiger partial charge >= 0.3 is 0 Å². The maximum absolute atomic E-state index is 12.6. The highest BCUT2D eigenvalue weighted by atomic mass is 16.5. The molecule has 0 amide bonds. The van der Waals surface area contributed by atoms with Crippen LogP contribution in [0.4, 0.5) is 0 Å². The normalized spacial score (nSPS) is 10.9. The van der Waals surface area contributed by atoms with E-state index in [2.05, 4.69) is 0 Å². The highest BCUT2D eigenvalue weighted by Crippen LogP contribution is 2.31. The third kappa shape index (κ3) is 1.72. The fourth-order valence-electron chi connectivity index (χ4n) is 2.36. The van der Waals surface area contributed by atoms with Crippen LogP contribution in [0.15, 0.2) is 39.5 Å². The van der Waals surface area contributed by atoms with Gasteiger partial charge < -0.3 is 13.9 Å². The van der Waals surface area contributed by atoms with E-state index in [0.29, 0.717) is 33.4 Å². The molecule has 102 valence electrons. The minimum Gasteiger partial charge on any atom is -0.496 e. The topological polar surface area (TPSA) is 48.7 Å². The molecule has 0 spiro atoms. The number of hydrogen-bond acceptors (Lipinski definition) is 4. The van der Waals surface area contributed by atoms with E-state index in [1.807, 2.05) is 19.1 Å². The predicted octanol–water partition coefficient (Wildman–Crippen LogP) is 3.27. The molecule has 0 radical (unpaired) electrons. The average Bonchev–Trinajstić information content (AvgIpc) is 2.47. The van der Waals surface area contributed by atoms with Crippen LogP contribution in [0.1, 0.15) is 5.56 Å². The minimum atomic E-state index is -0.0931. The summed E-state index contributed by atoms with van der Waals surface area (Å²) in [5.74, 6) is 1.04. The lowest BCUT2D eigenvalue weighted by Gasteiger charge is -2.09. The maximum atomic E-state index is 12.6. The van der Waals surface area contributed by atoms with Crippen molar-refractivity contribution >= 4 is 21.9 Å². The summed E-state index contributed by atoms with van der Waals surface area (Å²) in [5.41, 5.74) is 1.89. The molecule has 0 saturated carbocycles. The molecule has 0 unspecified atom stereocenters. The Morgan fingerprint density at radius 1 is 1.10 bits per heavy atom. The zero-order valence-corrected chi connectivity index (χ0v) is 11.5. The van der Waals surface area contributed by atoms with Crippen molar-refractivity contribution in [3.8, 4) is 11.5 Å². The predicted molar refractivity (Wildman–Crippen MR) is 77.8 cm³/mol. The van der Waals surface area contributed by atoms with Gasteiger partial charge in [-0.3, -0.25) is 4.79 Å². The fraction of sp³-hybridized carbons (Fsp3) is 0.188. The standard InChI is InChI=1S/C16H14O4/c1-9-5-4-6-11-15(17)14-12(19-3)7-10(18-2)8-13(14)20-16(9)11/h4-8H,1-3H3. The number of ether oxygens (including phenoxy) is 2. The first kappa shape index (κ1) is 12.5. The van der Waals surface area contributed by atoms with Gasteiger partial charge in [0, 0.05) is 12.1 Å². The van der Waals surface area contributed by atoms with Gasteiger partial charge in [0.15, 0.2) is 0 Å². The van der Waals surface area contributed by atoms with Gasteiger partial charge in [0.1, 0.15) is 28.1 Å². The first-order valence-corrected chi connectivity index (χ1v) is 6.24. The molecule has 20 heavy (non-hydrogen) atoms. The monoisotopic (exact) mass is 270 g/mol. The van der Waals surface area contributed by atoms with Crippen molar-refractivity contribution < 1.29 is 13.9 Å². The number of para-hydroxylation sites is 1. The summed E-state index contributed by atoms with van der Waals surface area (Å²) in [6.45, 7) is 1.91. The number of hydrogen-bond donors (Lipinski definition) is 0. The van der Waals surface area contributed by atoms with Crippen molar-refractivity contribution in [1.29, 1.82) is 0 Å². The van der Waals surface area contributed by atoms with Crippen molar-refractivity contribution in [2.24, 2.45) is 0 Å². The molecule has 1 aromatic heterocycles. The maximum Gasteiger partial charge on any atom is 0.204 e. The number of aryl methyl sites for hydroxylation is 1. The largest absolute Gasteiger partial charge is 0.496 e. The zero-order valence-electron chi connectivity index (χ0n) is 11.5. The van der Waals surface area contributed by atoms with Crippen molar-refractivity contribution in [2.75, 3.05) is 14.2 Å². The van der Waals surface area contributed by atoms with Crippen LogP contribution < -0.4 is 14.9 Å². The highest BCUT2D eigenvalue weighted by Gasteiger charge is 2.15. The Morgan fingerprint density at radius 2 is 1.90 bits per heavy atom. The van der Waals surface area contributed by atoms with E-state index in [4.69, 9.17) is 13.9 Å². The summed E-state index contributed by atoms with van der Waals surface area (Å²) in [7, 11) is 3.08. The number of fused-ring (bicyclic) bond motifs is 2. The first-order valence-electron chi connectivity index (χ1n) is 6.24. The Bertz CT molecular complexity index is 862. The lowest BCUT2D eigenvalue weighted by atomic mass is 10.1. The molecule has 0 saturated heterocycles. The summed E-state index contributed by atoms with van der Waals surface area (Å²) in [4.78, 5) is 12.6. The molecule has 0 fully saturated rings. The van der Waals surface area contributed by atoms with Crippen molar-refractivity contribution in [3.05, 3.63) is 46.1 Å². The van der Waals surface area contributed by atoms with Gasteiger partial charge in [-0.2, -0.15) is 0 Å². The molecule has 4 nitrogen and oxygen atoms in total. The SMILES string of the molecule is COc1cc(OC)c2c(=O)c3cccc(C)c3oc2c1. The average molecular weight is 270 g/mol. The second-order valence-corrected chi connectivity index (χ2v) is 4.59. The van der Waals surface area contributed by atoms with E-state index in [-0.39, 0.29) is 5.43 Å². The molecule has 0 aliphatic carbocycles. The molecule has 3 aromatic rings. The molecule has 0 aliphatic rings. The third-order valence-electron chi connectivity index (χ3n) is 3.39. The smallest absolute Gasteiger partial charge is 0.204 e. The summed E-state index contributed by atoms with van der Waals surface area (Å²) >= 11 is 0. The van der Waals surface area contributed by atoms with Crippen LogP contribution in [-0.4, -0.2) is 14.2 Å². The van der Waals surface area contributed by atoms with Gasteiger partial charge in [-0.1, -0.05) is 12.1 Å². The van der Waals surface area contributed by atoms with E-state index in [9.17, 15) is 4.79 Å². The molecule has 4 heteroatoms. The van der Waals surface area contributed by atoms with Gasteiger partial charge in [-0.05, 0) is 18.6 Å². The van der Waals surface area contributed by atoms with Crippen LogP contribution in [0.3, 0.4) is 0 Å². The second-order valence-electron chi connectivity index (χ2n) is 4.59. The van der Waals surface area contributed by atoms with Crippen LogP contribution in [0, 0.1) is 6.92 Å². The lowest BCUT2D eigenvalue weighted by Crippen LogP contribution is -2.05. The van der Waals surface area contributed by atoms with Crippen molar-refractivity contribution in [2.45, 2.75) is 6.92 Å². The molecule has 3 rings (SSSR count). The van der Waals surface area contributed by atoms with E-state index in [0.717, 1.165) is 5.56 Å². The molecule has 0 bridgehead atoms. The Morgan fingerprint density at radius 3 is 2.60 bits per heavy atom. The molecule has 0 atom stereocenters. The molecule has 2 aromatic carbocycles. The summed E-state index contributed by atoms with van der Waals surface area (Å²) < 4.78 is 16.4. The summed E-state index contributed by atoms with van der Waals surface area (Å²) in [6.07, 6.45) is 0. The Balaban J connectivity index is 2.56. The minimum absolute atomic E-state index is 0.0931. The van der Waals surface area contributed by atoms with Gasteiger partial charge in [0.25, 0.3) is 0 Å². The van der Waals surface area contributed by atoms with E-state index >= 15 is 0 Å². The molecule has 1 heterocycles. The number of rotatable bonds is 2. The lowest BCUT2D eigenvalue weighted by molar-refractivity contribution is 0.396. The van der Waals surface area contributed by atoms with E-state index in [1.54, 1.807) is 25.3 Å². The van der Waals surface area contributed by atoms with Crippen LogP contribution in [0.5, 0.6) is 11.5 Å². The van der Waals surface area contributed by atoms with Crippen LogP contribution in [-0.2, 0) is 0 Å². The van der Waals surface area contributed by atoms with Crippen molar-refractivity contribution in [1.82, 2.24) is 0 Å². The fourth-order valence-corrected chi connectivity index (χ4v) is 2.36. The summed E-state index contributed by atoms with van der Waals surface area (Å²) in [6, 6.07) is 8.90. The van der Waals surface area contributed by atoms with Gasteiger partial charge in [-0.25, -0.2) is 0 Å². The Kier molecular flexibility index (Phi) is 2.86. The third-order valence-corrected chi connectivity index (χ3v) is 3.39. The molecule has 0 aliphatic heterocycles.